The molecule has 1 N–H and O–H groups in total. The average molecular weight is 199 g/mol. The van der Waals surface area contributed by atoms with Gasteiger partial charge in [0.15, 0.2) is 0 Å². The molecule has 0 unspecified atom stereocenters. The molecule has 0 heterocycles. The Morgan fingerprint density at radius 3 is 2.57 bits per heavy atom. The molecule has 0 aliphatic heterocycles. The highest BCUT2D eigenvalue weighted by Gasteiger charge is 2.36. The van der Waals surface area contributed by atoms with Gasteiger partial charge in [-0.15, -0.1) is 0 Å². The van der Waals surface area contributed by atoms with E-state index in [1.807, 2.05) is 6.92 Å². The third kappa shape index (κ3) is 2.98. The largest absolute Gasteiger partial charge is 0.372 e. The van der Waals surface area contributed by atoms with E-state index in [0.717, 1.165) is 25.7 Å². The van der Waals surface area contributed by atoms with Crippen molar-refractivity contribution < 1.29 is 9.53 Å². The summed E-state index contributed by atoms with van der Waals surface area (Å²) in [5.41, 5.74) is 0.104. The van der Waals surface area contributed by atoms with Crippen LogP contribution in [0.25, 0.3) is 0 Å². The van der Waals surface area contributed by atoms with Gasteiger partial charge >= 0.3 is 0 Å². The Labute approximate surface area is 86.2 Å². The molecular weight excluding hydrogens is 178 g/mol. The number of ether oxygens (including phenoxy) is 1. The van der Waals surface area contributed by atoms with Gasteiger partial charge in [0.1, 0.15) is 6.61 Å². The number of amides is 1. The first-order valence-electron chi connectivity index (χ1n) is 5.61. The van der Waals surface area contributed by atoms with E-state index < -0.39 is 0 Å². The van der Waals surface area contributed by atoms with Crippen molar-refractivity contribution in [2.75, 3.05) is 13.2 Å². The summed E-state index contributed by atoms with van der Waals surface area (Å²) in [7, 11) is 0. The fourth-order valence-corrected chi connectivity index (χ4v) is 1.81. The van der Waals surface area contributed by atoms with Crippen molar-refractivity contribution in [1.29, 1.82) is 0 Å². The summed E-state index contributed by atoms with van der Waals surface area (Å²) in [5.74, 6) is 0.0417. The monoisotopic (exact) mass is 199 g/mol. The van der Waals surface area contributed by atoms with Gasteiger partial charge in [-0.1, -0.05) is 13.8 Å². The smallest absolute Gasteiger partial charge is 0.246 e. The summed E-state index contributed by atoms with van der Waals surface area (Å²) in [5, 5.41) is 3.07. The fraction of sp³-hybridized carbons (Fsp3) is 0.909. The molecule has 0 atom stereocenters. The van der Waals surface area contributed by atoms with Gasteiger partial charge < -0.3 is 10.1 Å². The molecule has 0 bridgehead atoms. The van der Waals surface area contributed by atoms with Gasteiger partial charge in [-0.2, -0.15) is 0 Å². The summed E-state index contributed by atoms with van der Waals surface area (Å²) < 4.78 is 5.19. The Hall–Kier alpha value is -0.570. The average Bonchev–Trinajstić information content (AvgIpc) is 2.12. The number of rotatable bonds is 6. The quantitative estimate of drug-likeness (QED) is 0.663. The second-order valence-corrected chi connectivity index (χ2v) is 4.09. The first kappa shape index (κ1) is 11.5. The van der Waals surface area contributed by atoms with Crippen molar-refractivity contribution in [2.45, 2.75) is 51.5 Å². The highest BCUT2D eigenvalue weighted by Crippen LogP contribution is 2.34. The molecule has 3 heteroatoms. The van der Waals surface area contributed by atoms with E-state index in [-0.39, 0.29) is 18.1 Å². The molecule has 1 fully saturated rings. The van der Waals surface area contributed by atoms with Crippen molar-refractivity contribution in [3.05, 3.63) is 0 Å². The van der Waals surface area contributed by atoms with Crippen molar-refractivity contribution >= 4 is 5.91 Å². The molecule has 1 rings (SSSR count). The SMILES string of the molecule is CCCOCC(=O)NC1(CC)CCC1. The van der Waals surface area contributed by atoms with Gasteiger partial charge in [0.2, 0.25) is 5.91 Å². The Balaban J connectivity index is 2.18. The van der Waals surface area contributed by atoms with E-state index in [1.54, 1.807) is 0 Å². The fourth-order valence-electron chi connectivity index (χ4n) is 1.81. The zero-order chi connectivity index (χ0) is 10.4. The van der Waals surface area contributed by atoms with Crippen LogP contribution >= 0.6 is 0 Å². The van der Waals surface area contributed by atoms with Crippen molar-refractivity contribution in [2.24, 2.45) is 0 Å². The Morgan fingerprint density at radius 2 is 2.14 bits per heavy atom. The maximum atomic E-state index is 11.4. The first-order chi connectivity index (χ1) is 6.72. The highest BCUT2D eigenvalue weighted by atomic mass is 16.5. The number of hydrogen-bond acceptors (Lipinski definition) is 2. The second-order valence-electron chi connectivity index (χ2n) is 4.09. The van der Waals surface area contributed by atoms with Crippen LogP contribution in [0.2, 0.25) is 0 Å². The van der Waals surface area contributed by atoms with Crippen LogP contribution in [0, 0.1) is 0 Å². The molecule has 0 aromatic heterocycles. The van der Waals surface area contributed by atoms with E-state index in [9.17, 15) is 4.79 Å². The predicted octanol–water partition coefficient (Wildman–Crippen LogP) is 1.86. The minimum absolute atomic E-state index is 0.0417. The standard InChI is InChI=1S/C11H21NO2/c1-3-8-14-9-10(13)12-11(4-2)6-5-7-11/h3-9H2,1-2H3,(H,12,13). The zero-order valence-corrected chi connectivity index (χ0v) is 9.27. The first-order valence-corrected chi connectivity index (χ1v) is 5.61. The summed E-state index contributed by atoms with van der Waals surface area (Å²) in [6.07, 6.45) is 5.49. The summed E-state index contributed by atoms with van der Waals surface area (Å²) >= 11 is 0. The number of carbonyl (C=O) groups is 1. The minimum Gasteiger partial charge on any atom is -0.372 e. The third-order valence-corrected chi connectivity index (χ3v) is 2.97. The molecule has 0 aromatic carbocycles. The Morgan fingerprint density at radius 1 is 1.43 bits per heavy atom. The molecule has 14 heavy (non-hydrogen) atoms. The second kappa shape index (κ2) is 5.35. The van der Waals surface area contributed by atoms with Crippen molar-refractivity contribution in [1.82, 2.24) is 5.32 Å². The lowest BCUT2D eigenvalue weighted by molar-refractivity contribution is -0.128. The van der Waals surface area contributed by atoms with Gasteiger partial charge in [-0.05, 0) is 32.1 Å². The Kier molecular flexibility index (Phi) is 4.39. The van der Waals surface area contributed by atoms with E-state index in [2.05, 4.69) is 12.2 Å². The number of hydrogen-bond donors (Lipinski definition) is 1. The van der Waals surface area contributed by atoms with E-state index >= 15 is 0 Å². The van der Waals surface area contributed by atoms with E-state index in [0.29, 0.717) is 6.61 Å². The van der Waals surface area contributed by atoms with Crippen LogP contribution in [0.3, 0.4) is 0 Å². The summed E-state index contributed by atoms with van der Waals surface area (Å²) in [6, 6.07) is 0. The molecule has 1 saturated carbocycles. The minimum atomic E-state index is 0.0417. The van der Waals surface area contributed by atoms with Crippen molar-refractivity contribution in [3.8, 4) is 0 Å². The highest BCUT2D eigenvalue weighted by molar-refractivity contribution is 5.78. The molecular formula is C11H21NO2. The van der Waals surface area contributed by atoms with Crippen LogP contribution in [-0.2, 0) is 9.53 Å². The number of carbonyl (C=O) groups excluding carboxylic acids is 1. The van der Waals surface area contributed by atoms with Gasteiger partial charge in [-0.3, -0.25) is 4.79 Å². The van der Waals surface area contributed by atoms with Crippen LogP contribution in [0.15, 0.2) is 0 Å². The molecule has 1 amide bonds. The maximum absolute atomic E-state index is 11.4. The number of nitrogens with one attached hydrogen (secondary N) is 1. The van der Waals surface area contributed by atoms with Crippen molar-refractivity contribution in [3.63, 3.8) is 0 Å². The summed E-state index contributed by atoms with van der Waals surface area (Å²) in [6.45, 7) is 5.06. The van der Waals surface area contributed by atoms with Crippen LogP contribution in [0.5, 0.6) is 0 Å². The van der Waals surface area contributed by atoms with Crippen LogP contribution in [-0.4, -0.2) is 24.7 Å². The third-order valence-electron chi connectivity index (χ3n) is 2.97. The molecule has 1 aliphatic rings. The van der Waals surface area contributed by atoms with Gasteiger partial charge in [0.05, 0.1) is 0 Å². The van der Waals surface area contributed by atoms with E-state index in [1.165, 1.54) is 6.42 Å². The van der Waals surface area contributed by atoms with Crippen LogP contribution in [0.4, 0.5) is 0 Å². The molecule has 1 aliphatic carbocycles. The lowest BCUT2D eigenvalue weighted by Crippen LogP contribution is -2.53. The zero-order valence-electron chi connectivity index (χ0n) is 9.27. The predicted molar refractivity (Wildman–Crippen MR) is 56.1 cm³/mol. The van der Waals surface area contributed by atoms with E-state index in [4.69, 9.17) is 4.74 Å². The lowest BCUT2D eigenvalue weighted by atomic mass is 9.75. The molecule has 0 spiro atoms. The topological polar surface area (TPSA) is 38.3 Å². The maximum Gasteiger partial charge on any atom is 0.246 e. The molecule has 0 aromatic rings. The molecule has 82 valence electrons. The van der Waals surface area contributed by atoms with Gasteiger partial charge in [0, 0.05) is 12.1 Å². The molecule has 0 saturated heterocycles. The lowest BCUT2D eigenvalue weighted by Gasteiger charge is -2.41. The van der Waals surface area contributed by atoms with Crippen LogP contribution < -0.4 is 5.32 Å². The van der Waals surface area contributed by atoms with Crippen LogP contribution in [0.1, 0.15) is 46.0 Å². The normalized spacial score (nSPS) is 18.7. The van der Waals surface area contributed by atoms with Gasteiger partial charge in [0.25, 0.3) is 0 Å². The Bertz CT molecular complexity index is 182. The molecule has 3 nitrogen and oxygen atoms in total. The molecule has 0 radical (unpaired) electrons. The summed E-state index contributed by atoms with van der Waals surface area (Å²) in [4.78, 5) is 11.4. The van der Waals surface area contributed by atoms with Gasteiger partial charge in [-0.25, -0.2) is 0 Å².